The second kappa shape index (κ2) is 12.2. The fourth-order valence-electron chi connectivity index (χ4n) is 3.21. The van der Waals surface area contributed by atoms with Crippen LogP contribution in [0.3, 0.4) is 0 Å². The van der Waals surface area contributed by atoms with Gasteiger partial charge < -0.3 is 26.2 Å². The molecule has 2 aromatic heterocycles. The van der Waals surface area contributed by atoms with Gasteiger partial charge in [0.15, 0.2) is 5.01 Å². The third kappa shape index (κ3) is 7.17. The molecule has 4 amide bonds. The molecule has 0 aliphatic carbocycles. The molecule has 0 fully saturated rings. The molecule has 0 radical (unpaired) electrons. The van der Waals surface area contributed by atoms with Crippen molar-refractivity contribution in [2.45, 2.75) is 29.9 Å². The van der Waals surface area contributed by atoms with E-state index in [4.69, 9.17) is 0 Å². The summed E-state index contributed by atoms with van der Waals surface area (Å²) in [4.78, 5) is 60.9. The lowest BCUT2D eigenvalue weighted by Crippen LogP contribution is -2.48. The zero-order valence-corrected chi connectivity index (χ0v) is 21.8. The molecule has 11 nitrogen and oxygen atoms in total. The number of carbonyl (C=O) groups is 4. The maximum absolute atomic E-state index is 12.8. The van der Waals surface area contributed by atoms with Crippen LogP contribution in [0.2, 0.25) is 0 Å². The summed E-state index contributed by atoms with van der Waals surface area (Å²) in [6.45, 7) is 1.51. The fourth-order valence-corrected chi connectivity index (χ4v) is 4.76. The third-order valence-corrected chi connectivity index (χ3v) is 7.06. The molecule has 3 heterocycles. The van der Waals surface area contributed by atoms with Gasteiger partial charge in [0, 0.05) is 55.0 Å². The van der Waals surface area contributed by atoms with Crippen molar-refractivity contribution >= 4 is 63.4 Å². The van der Waals surface area contributed by atoms with Crippen molar-refractivity contribution in [3.63, 3.8) is 0 Å². The lowest BCUT2D eigenvalue weighted by Gasteiger charge is -2.20. The van der Waals surface area contributed by atoms with Crippen molar-refractivity contribution < 1.29 is 19.2 Å². The SMILES string of the molecule is CNC(=O)CC(CNC(=O)C(=O)Nc1ccc(CI)cn1)NC(=O)c1nc2c(s1)CN(C)CC2. The molecule has 0 bridgehead atoms. The molecule has 0 saturated carbocycles. The minimum absolute atomic E-state index is 0.0721. The zero-order chi connectivity index (χ0) is 24.7. The molecular formula is C21H26IN7O4S. The first-order valence-electron chi connectivity index (χ1n) is 10.6. The van der Waals surface area contributed by atoms with Gasteiger partial charge >= 0.3 is 11.8 Å². The van der Waals surface area contributed by atoms with E-state index in [1.165, 1.54) is 18.4 Å². The van der Waals surface area contributed by atoms with Crippen LogP contribution >= 0.6 is 33.9 Å². The van der Waals surface area contributed by atoms with E-state index in [9.17, 15) is 19.2 Å². The van der Waals surface area contributed by atoms with E-state index < -0.39 is 23.8 Å². The minimum atomic E-state index is -0.899. The van der Waals surface area contributed by atoms with E-state index in [1.54, 1.807) is 18.3 Å². The van der Waals surface area contributed by atoms with E-state index in [0.717, 1.165) is 40.1 Å². The Morgan fingerprint density at radius 1 is 1.24 bits per heavy atom. The standard InChI is InChI=1S/C21H26IN7O4S/c1-23-17(30)7-13(26-20(33)21-27-14-5-6-29(2)11-15(14)34-21)10-25-18(31)19(32)28-16-4-3-12(8-22)9-24-16/h3-4,9,13H,5-8,10-11H2,1-2H3,(H,23,30)(H,25,31)(H,26,33)(H,24,28,32). The molecule has 0 saturated heterocycles. The molecule has 1 aliphatic heterocycles. The molecule has 1 atom stereocenters. The van der Waals surface area contributed by atoms with Gasteiger partial charge in [0.2, 0.25) is 5.91 Å². The molecule has 1 aliphatic rings. The number of likely N-dealkylation sites (N-methyl/N-ethyl adjacent to an activating group) is 1. The smallest absolute Gasteiger partial charge is 0.314 e. The van der Waals surface area contributed by atoms with Gasteiger partial charge in [-0.1, -0.05) is 28.7 Å². The number of halogens is 1. The van der Waals surface area contributed by atoms with Crippen LogP contribution in [0.1, 0.15) is 32.4 Å². The van der Waals surface area contributed by atoms with Crippen LogP contribution in [-0.4, -0.2) is 71.7 Å². The zero-order valence-electron chi connectivity index (χ0n) is 18.8. The van der Waals surface area contributed by atoms with Gasteiger partial charge in [0.05, 0.1) is 11.7 Å². The minimum Gasteiger partial charge on any atom is -0.359 e. The normalized spacial score (nSPS) is 14.0. The van der Waals surface area contributed by atoms with Crippen LogP contribution in [0.4, 0.5) is 5.82 Å². The maximum atomic E-state index is 12.8. The highest BCUT2D eigenvalue weighted by molar-refractivity contribution is 14.1. The maximum Gasteiger partial charge on any atom is 0.314 e. The van der Waals surface area contributed by atoms with Gasteiger partial charge in [-0.2, -0.15) is 0 Å². The summed E-state index contributed by atoms with van der Waals surface area (Å²) in [5.74, 6) is -2.28. The van der Waals surface area contributed by atoms with E-state index in [-0.39, 0.29) is 24.7 Å². The molecule has 1 unspecified atom stereocenters. The largest absolute Gasteiger partial charge is 0.359 e. The van der Waals surface area contributed by atoms with E-state index in [2.05, 4.69) is 58.7 Å². The van der Waals surface area contributed by atoms with Crippen molar-refractivity contribution in [1.82, 2.24) is 30.8 Å². The average molecular weight is 599 g/mol. The van der Waals surface area contributed by atoms with Gasteiger partial charge in [0.25, 0.3) is 5.91 Å². The summed E-state index contributed by atoms with van der Waals surface area (Å²) in [5.41, 5.74) is 1.91. The molecule has 2 aromatic rings. The Hall–Kier alpha value is -2.65. The first-order chi connectivity index (χ1) is 16.3. The van der Waals surface area contributed by atoms with E-state index in [0.29, 0.717) is 5.01 Å². The predicted molar refractivity (Wildman–Crippen MR) is 136 cm³/mol. The van der Waals surface area contributed by atoms with Crippen molar-refractivity contribution in [2.24, 2.45) is 0 Å². The first-order valence-corrected chi connectivity index (χ1v) is 12.9. The number of pyridine rings is 1. The van der Waals surface area contributed by atoms with Crippen molar-refractivity contribution in [2.75, 3.05) is 32.5 Å². The molecular weight excluding hydrogens is 573 g/mol. The van der Waals surface area contributed by atoms with Crippen LogP contribution in [0, 0.1) is 0 Å². The molecule has 0 spiro atoms. The van der Waals surface area contributed by atoms with Crippen LogP contribution in [-0.2, 0) is 31.8 Å². The number of hydrogen-bond acceptors (Lipinski definition) is 8. The quantitative estimate of drug-likeness (QED) is 0.196. The molecule has 3 rings (SSSR count). The number of nitrogens with zero attached hydrogens (tertiary/aromatic N) is 3. The number of carbonyl (C=O) groups excluding carboxylic acids is 4. The fraction of sp³-hybridized carbons (Fsp3) is 0.429. The number of fused-ring (bicyclic) bond motifs is 1. The number of nitrogens with one attached hydrogen (secondary N) is 4. The molecule has 0 aromatic carbocycles. The van der Waals surface area contributed by atoms with Crippen molar-refractivity contribution in [3.8, 4) is 0 Å². The van der Waals surface area contributed by atoms with Gasteiger partial charge in [-0.25, -0.2) is 9.97 Å². The predicted octanol–water partition coefficient (Wildman–Crippen LogP) is 0.450. The molecule has 4 N–H and O–H groups in total. The number of hydrogen-bond donors (Lipinski definition) is 4. The van der Waals surface area contributed by atoms with Gasteiger partial charge in [-0.3, -0.25) is 19.2 Å². The van der Waals surface area contributed by atoms with Crippen molar-refractivity contribution in [3.05, 3.63) is 39.5 Å². The Morgan fingerprint density at radius 2 is 2.03 bits per heavy atom. The van der Waals surface area contributed by atoms with Crippen molar-refractivity contribution in [1.29, 1.82) is 0 Å². The number of rotatable bonds is 8. The third-order valence-electron chi connectivity index (χ3n) is 5.10. The van der Waals surface area contributed by atoms with E-state index >= 15 is 0 Å². The van der Waals surface area contributed by atoms with Gasteiger partial charge in [-0.05, 0) is 18.7 Å². The highest BCUT2D eigenvalue weighted by atomic mass is 127. The summed E-state index contributed by atoms with van der Waals surface area (Å²) in [6.07, 6.45) is 2.32. The second-order valence-corrected chi connectivity index (χ2v) is 9.62. The molecule has 182 valence electrons. The number of thiazole rings is 1. The van der Waals surface area contributed by atoms with Crippen LogP contribution in [0.5, 0.6) is 0 Å². The summed E-state index contributed by atoms with van der Waals surface area (Å²) < 4.78 is 0.776. The monoisotopic (exact) mass is 599 g/mol. The van der Waals surface area contributed by atoms with Crippen LogP contribution in [0.25, 0.3) is 0 Å². The van der Waals surface area contributed by atoms with E-state index in [1.807, 2.05) is 7.05 Å². The van der Waals surface area contributed by atoms with Gasteiger partial charge in [-0.15, -0.1) is 11.3 Å². The molecule has 34 heavy (non-hydrogen) atoms. The number of aromatic nitrogens is 2. The topological polar surface area (TPSA) is 145 Å². The lowest BCUT2D eigenvalue weighted by molar-refractivity contribution is -0.136. The first kappa shape index (κ1) is 26.0. The second-order valence-electron chi connectivity index (χ2n) is 7.77. The Bertz CT molecular complexity index is 1060. The number of anilines is 1. The Balaban J connectivity index is 1.58. The van der Waals surface area contributed by atoms with Crippen LogP contribution < -0.4 is 21.3 Å². The lowest BCUT2D eigenvalue weighted by atomic mass is 10.2. The highest BCUT2D eigenvalue weighted by Crippen LogP contribution is 2.24. The van der Waals surface area contributed by atoms with Crippen LogP contribution in [0.15, 0.2) is 18.3 Å². The summed E-state index contributed by atoms with van der Waals surface area (Å²) in [6, 6.07) is 2.68. The Morgan fingerprint density at radius 3 is 2.71 bits per heavy atom. The van der Waals surface area contributed by atoms with Gasteiger partial charge in [0.1, 0.15) is 5.82 Å². The summed E-state index contributed by atoms with van der Waals surface area (Å²) in [5, 5.41) is 10.4. The Labute approximate surface area is 214 Å². The summed E-state index contributed by atoms with van der Waals surface area (Å²) in [7, 11) is 3.49. The Kier molecular flexibility index (Phi) is 9.29. The average Bonchev–Trinajstić information content (AvgIpc) is 3.26. The number of amides is 4. The summed E-state index contributed by atoms with van der Waals surface area (Å²) >= 11 is 3.52. The number of alkyl halides is 1. The molecule has 13 heteroatoms. The highest BCUT2D eigenvalue weighted by Gasteiger charge is 2.25.